The van der Waals surface area contributed by atoms with Crippen LogP contribution in [0.5, 0.6) is 0 Å². The topological polar surface area (TPSA) is 26.5 Å². The van der Waals surface area contributed by atoms with Crippen molar-refractivity contribution in [1.29, 1.82) is 0 Å². The number of aryl methyl sites for hydroxylation is 1. The monoisotopic (exact) mass is 446 g/mol. The maximum atomic E-state index is 13.5. The molecular weight excluding hydrogens is 423 g/mol. The molecule has 0 aliphatic heterocycles. The van der Waals surface area contributed by atoms with E-state index in [0.29, 0.717) is 11.6 Å². The first-order chi connectivity index (χ1) is 15.4. The first-order valence-corrected chi connectivity index (χ1v) is 10.8. The maximum absolute atomic E-state index is 13.5. The van der Waals surface area contributed by atoms with Gasteiger partial charge in [-0.2, -0.15) is 0 Å². The molecule has 0 fully saturated rings. The number of hydrogen-bond donors (Lipinski definition) is 0. The van der Waals surface area contributed by atoms with Gasteiger partial charge in [0, 0.05) is 22.0 Å². The Hall–Kier alpha value is -3.37. The van der Waals surface area contributed by atoms with E-state index in [2.05, 4.69) is 34.8 Å². The number of oxime groups is 1. The molecule has 1 aromatic heterocycles. The maximum Gasteiger partial charge on any atom is 0.142 e. The Labute approximate surface area is 192 Å². The van der Waals surface area contributed by atoms with E-state index < -0.39 is 0 Å². The molecule has 0 aliphatic carbocycles. The Balaban J connectivity index is 1.71. The Morgan fingerprint density at radius 3 is 2.38 bits per heavy atom. The van der Waals surface area contributed by atoms with Gasteiger partial charge in [0.25, 0.3) is 0 Å². The number of nitrogens with zero attached hydrogens (tertiary/aromatic N) is 2. The first kappa shape index (κ1) is 21.8. The summed E-state index contributed by atoms with van der Waals surface area (Å²) >= 11 is 6.27. The summed E-state index contributed by atoms with van der Waals surface area (Å²) in [5, 5.41) is 5.01. The van der Waals surface area contributed by atoms with Gasteiger partial charge < -0.3 is 9.40 Å². The molecule has 0 N–H and O–H groups in total. The van der Waals surface area contributed by atoms with E-state index in [4.69, 9.17) is 16.4 Å². The fourth-order valence-corrected chi connectivity index (χ4v) is 3.88. The average Bonchev–Trinajstić information content (AvgIpc) is 3.13. The van der Waals surface area contributed by atoms with Gasteiger partial charge in [-0.15, -0.1) is 0 Å². The second-order valence-electron chi connectivity index (χ2n) is 7.79. The van der Waals surface area contributed by atoms with E-state index in [-0.39, 0.29) is 5.82 Å². The van der Waals surface area contributed by atoms with Crippen molar-refractivity contribution in [2.75, 3.05) is 0 Å². The fraction of sp³-hybridized carbons (Fsp3) is 0.148. The van der Waals surface area contributed by atoms with Gasteiger partial charge in [0.2, 0.25) is 0 Å². The molecule has 4 rings (SSSR count). The average molecular weight is 447 g/mol. The van der Waals surface area contributed by atoms with E-state index >= 15 is 0 Å². The van der Waals surface area contributed by atoms with Crippen LogP contribution in [-0.4, -0.2) is 10.3 Å². The Morgan fingerprint density at radius 1 is 0.969 bits per heavy atom. The zero-order valence-electron chi connectivity index (χ0n) is 18.3. The smallest absolute Gasteiger partial charge is 0.142 e. The lowest BCUT2D eigenvalue weighted by Crippen LogP contribution is -2.02. The van der Waals surface area contributed by atoms with Gasteiger partial charge in [0.15, 0.2) is 0 Å². The molecular formula is C27H24ClFN2O. The van der Waals surface area contributed by atoms with Crippen LogP contribution in [0.1, 0.15) is 29.3 Å². The number of rotatable bonds is 6. The molecule has 0 saturated carbocycles. The normalized spacial score (nSPS) is 11.6. The van der Waals surface area contributed by atoms with Crippen molar-refractivity contribution in [2.45, 2.75) is 27.4 Å². The van der Waals surface area contributed by atoms with Crippen molar-refractivity contribution in [1.82, 2.24) is 4.57 Å². The van der Waals surface area contributed by atoms with E-state index in [1.165, 1.54) is 17.7 Å². The highest BCUT2D eigenvalue weighted by Gasteiger charge is 2.17. The summed E-state index contributed by atoms with van der Waals surface area (Å²) in [5.74, 6) is -0.270. The molecule has 0 aliphatic rings. The first-order valence-electron chi connectivity index (χ1n) is 10.4. The van der Waals surface area contributed by atoms with Crippen molar-refractivity contribution in [3.63, 3.8) is 0 Å². The SMILES string of the molecule is C/C(=N\OCc1ccc(C)cc1)c1cc(-c2ccc(F)cc2)n(-c2cccc(Cl)c2)c1C. The van der Waals surface area contributed by atoms with Gasteiger partial charge in [0.05, 0.1) is 11.4 Å². The van der Waals surface area contributed by atoms with Crippen LogP contribution >= 0.6 is 11.6 Å². The van der Waals surface area contributed by atoms with E-state index in [1.807, 2.05) is 50.2 Å². The number of benzene rings is 3. The standard InChI is InChI=1S/C27H24ClFN2O/c1-18-7-9-21(10-8-18)17-32-30-19(2)26-16-27(22-11-13-24(29)14-12-22)31(20(26)3)25-6-4-5-23(28)15-25/h4-16H,17H2,1-3H3/b30-19+. The Bertz CT molecular complexity index is 1260. The zero-order valence-corrected chi connectivity index (χ0v) is 19.0. The molecule has 0 bridgehead atoms. The molecule has 0 unspecified atom stereocenters. The van der Waals surface area contributed by atoms with Gasteiger partial charge in [-0.1, -0.05) is 52.7 Å². The molecule has 0 saturated heterocycles. The van der Waals surface area contributed by atoms with Crippen LogP contribution in [0, 0.1) is 19.7 Å². The molecule has 3 aromatic carbocycles. The third kappa shape index (κ3) is 4.76. The summed E-state index contributed by atoms with van der Waals surface area (Å²) < 4.78 is 15.6. The van der Waals surface area contributed by atoms with Gasteiger partial charge in [-0.05, 0) is 80.4 Å². The summed E-state index contributed by atoms with van der Waals surface area (Å²) in [4.78, 5) is 5.63. The molecule has 3 nitrogen and oxygen atoms in total. The van der Waals surface area contributed by atoms with Crippen molar-refractivity contribution in [3.05, 3.63) is 112 Å². The largest absolute Gasteiger partial charge is 0.391 e. The van der Waals surface area contributed by atoms with Crippen LogP contribution in [0.4, 0.5) is 4.39 Å². The van der Waals surface area contributed by atoms with E-state index in [9.17, 15) is 4.39 Å². The molecule has 0 radical (unpaired) electrons. The number of hydrogen-bond acceptors (Lipinski definition) is 2. The summed E-state index contributed by atoms with van der Waals surface area (Å²) in [6.07, 6.45) is 0. The lowest BCUT2D eigenvalue weighted by atomic mass is 10.1. The van der Waals surface area contributed by atoms with Crippen LogP contribution in [0.15, 0.2) is 84.0 Å². The molecule has 0 amide bonds. The summed E-state index contributed by atoms with van der Waals surface area (Å²) in [7, 11) is 0. The third-order valence-electron chi connectivity index (χ3n) is 5.40. The molecule has 5 heteroatoms. The van der Waals surface area contributed by atoms with Crippen LogP contribution in [0.25, 0.3) is 16.9 Å². The van der Waals surface area contributed by atoms with Crippen LogP contribution in [-0.2, 0) is 11.4 Å². The second-order valence-corrected chi connectivity index (χ2v) is 8.22. The van der Waals surface area contributed by atoms with Crippen LogP contribution < -0.4 is 0 Å². The second kappa shape index (κ2) is 9.41. The third-order valence-corrected chi connectivity index (χ3v) is 5.63. The summed E-state index contributed by atoms with van der Waals surface area (Å²) in [5.41, 5.74) is 7.72. The lowest BCUT2D eigenvalue weighted by Gasteiger charge is -2.13. The Kier molecular flexibility index (Phi) is 6.42. The van der Waals surface area contributed by atoms with Gasteiger partial charge in [0.1, 0.15) is 12.4 Å². The summed E-state index contributed by atoms with van der Waals surface area (Å²) in [6, 6.07) is 24.4. The van der Waals surface area contributed by atoms with Crippen LogP contribution in [0.3, 0.4) is 0 Å². The lowest BCUT2D eigenvalue weighted by molar-refractivity contribution is 0.130. The zero-order chi connectivity index (χ0) is 22.7. The predicted octanol–water partition coefficient (Wildman–Crippen LogP) is 7.49. The highest BCUT2D eigenvalue weighted by molar-refractivity contribution is 6.30. The highest BCUT2D eigenvalue weighted by Crippen LogP contribution is 2.31. The van der Waals surface area contributed by atoms with Crippen molar-refractivity contribution < 1.29 is 9.23 Å². The minimum atomic E-state index is -0.270. The van der Waals surface area contributed by atoms with Crippen molar-refractivity contribution >= 4 is 17.3 Å². The molecule has 162 valence electrons. The number of halogens is 2. The minimum absolute atomic E-state index is 0.270. The van der Waals surface area contributed by atoms with Crippen molar-refractivity contribution in [3.8, 4) is 16.9 Å². The molecule has 32 heavy (non-hydrogen) atoms. The minimum Gasteiger partial charge on any atom is -0.391 e. The molecule has 1 heterocycles. The van der Waals surface area contributed by atoms with E-state index in [1.54, 1.807) is 12.1 Å². The number of aromatic nitrogens is 1. The highest BCUT2D eigenvalue weighted by atomic mass is 35.5. The molecule has 0 atom stereocenters. The van der Waals surface area contributed by atoms with Gasteiger partial charge >= 0.3 is 0 Å². The fourth-order valence-electron chi connectivity index (χ4n) is 3.69. The molecule has 0 spiro atoms. The quantitative estimate of drug-likeness (QED) is 0.222. The summed E-state index contributed by atoms with van der Waals surface area (Å²) in [6.45, 7) is 6.41. The van der Waals surface area contributed by atoms with Crippen molar-refractivity contribution in [2.24, 2.45) is 5.16 Å². The van der Waals surface area contributed by atoms with Gasteiger partial charge in [-0.25, -0.2) is 4.39 Å². The van der Waals surface area contributed by atoms with Gasteiger partial charge in [-0.3, -0.25) is 0 Å². The van der Waals surface area contributed by atoms with E-state index in [0.717, 1.165) is 39.5 Å². The Morgan fingerprint density at radius 2 is 1.69 bits per heavy atom. The predicted molar refractivity (Wildman–Crippen MR) is 129 cm³/mol. The molecule has 4 aromatic rings. The van der Waals surface area contributed by atoms with Crippen LogP contribution in [0.2, 0.25) is 5.02 Å².